The Morgan fingerprint density at radius 1 is 1.21 bits per heavy atom. The molecule has 2 aromatic heterocycles. The van der Waals surface area contributed by atoms with E-state index in [1.807, 2.05) is 12.1 Å². The molecule has 0 bridgehead atoms. The molecule has 1 N–H and O–H groups in total. The average molecular weight is 324 g/mol. The number of benzene rings is 1. The van der Waals surface area contributed by atoms with Crippen molar-refractivity contribution in [3.05, 3.63) is 48.3 Å². The lowest BCUT2D eigenvalue weighted by Gasteiger charge is -1.98. The zero-order valence-electron chi connectivity index (χ0n) is 12.4. The highest BCUT2D eigenvalue weighted by Gasteiger charge is 2.16. The largest absolute Gasteiger partial charge is 0.481 e. The van der Waals surface area contributed by atoms with E-state index in [0.717, 1.165) is 0 Å². The van der Waals surface area contributed by atoms with Crippen molar-refractivity contribution < 1.29 is 19.4 Å². The average Bonchev–Trinajstić information content (AvgIpc) is 3.15. The van der Waals surface area contributed by atoms with Crippen LogP contribution in [-0.2, 0) is 11.2 Å². The number of rotatable bonds is 4. The quantitative estimate of drug-likeness (QED) is 0.744. The first-order valence-corrected chi connectivity index (χ1v) is 7.20. The van der Waals surface area contributed by atoms with Gasteiger partial charge < -0.3 is 14.6 Å². The minimum Gasteiger partial charge on any atom is -0.481 e. The first kappa shape index (κ1) is 14.2. The molecule has 0 saturated heterocycles. The Labute approximate surface area is 136 Å². The molecule has 3 heterocycles. The topological polar surface area (TPSA) is 97.8 Å². The smallest absolute Gasteiger partial charge is 0.309 e. The highest BCUT2D eigenvalue weighted by atomic mass is 16.7. The van der Waals surface area contributed by atoms with Gasteiger partial charge in [0.05, 0.1) is 17.8 Å². The number of fused-ring (bicyclic) bond motifs is 2. The third-order valence-corrected chi connectivity index (χ3v) is 3.51. The number of nitrogens with zero attached hydrogens (tertiary/aromatic N) is 4. The van der Waals surface area contributed by atoms with Gasteiger partial charge in [-0.2, -0.15) is 0 Å². The lowest BCUT2D eigenvalue weighted by molar-refractivity contribution is -0.136. The summed E-state index contributed by atoms with van der Waals surface area (Å²) >= 11 is 0. The van der Waals surface area contributed by atoms with Crippen LogP contribution in [0.15, 0.2) is 52.8 Å². The van der Waals surface area contributed by atoms with E-state index in [9.17, 15) is 4.79 Å². The van der Waals surface area contributed by atoms with Gasteiger partial charge >= 0.3 is 5.97 Å². The molecule has 0 atom stereocenters. The van der Waals surface area contributed by atoms with E-state index in [1.165, 1.54) is 0 Å². The van der Waals surface area contributed by atoms with Gasteiger partial charge in [-0.25, -0.2) is 4.98 Å². The molecule has 120 valence electrons. The third kappa shape index (κ3) is 2.54. The van der Waals surface area contributed by atoms with Gasteiger partial charge in [-0.3, -0.25) is 9.20 Å². The van der Waals surface area contributed by atoms with Crippen LogP contribution in [0, 0.1) is 0 Å². The molecular formula is C16H12N4O4. The van der Waals surface area contributed by atoms with Crippen LogP contribution in [0.2, 0.25) is 0 Å². The van der Waals surface area contributed by atoms with Gasteiger partial charge in [-0.05, 0) is 24.3 Å². The van der Waals surface area contributed by atoms with E-state index in [0.29, 0.717) is 34.3 Å². The summed E-state index contributed by atoms with van der Waals surface area (Å²) in [6, 6.07) is 10.6. The molecule has 8 nitrogen and oxygen atoms in total. The number of pyridine rings is 1. The van der Waals surface area contributed by atoms with Crippen molar-refractivity contribution in [1.29, 1.82) is 0 Å². The number of hydrogen-bond donors (Lipinski definition) is 1. The molecule has 0 aliphatic carbocycles. The highest BCUT2D eigenvalue weighted by Crippen LogP contribution is 2.35. The summed E-state index contributed by atoms with van der Waals surface area (Å²) < 4.78 is 12.3. The van der Waals surface area contributed by atoms with Crippen LogP contribution in [0.1, 0.15) is 5.69 Å². The van der Waals surface area contributed by atoms with Crippen LogP contribution in [0.5, 0.6) is 11.5 Å². The van der Waals surface area contributed by atoms with E-state index < -0.39 is 5.97 Å². The van der Waals surface area contributed by atoms with Crippen molar-refractivity contribution in [3.63, 3.8) is 0 Å². The van der Waals surface area contributed by atoms with Gasteiger partial charge in [-0.1, -0.05) is 6.07 Å². The van der Waals surface area contributed by atoms with Crippen molar-refractivity contribution in [2.24, 2.45) is 10.2 Å². The standard InChI is InChI=1S/C16H12N4O4/c21-15(22)8-11-16(20-6-2-1-3-14(20)17-11)19-18-10-4-5-12-13(7-10)24-9-23-12/h1-7H,8-9H2,(H,21,22). The number of carboxylic acids is 1. The van der Waals surface area contributed by atoms with Crippen molar-refractivity contribution >= 4 is 23.1 Å². The molecule has 1 aliphatic rings. The van der Waals surface area contributed by atoms with Crippen LogP contribution in [0.25, 0.3) is 5.65 Å². The molecule has 0 unspecified atom stereocenters. The number of hydrogen-bond acceptors (Lipinski definition) is 6. The second-order valence-corrected chi connectivity index (χ2v) is 5.12. The Morgan fingerprint density at radius 2 is 2.08 bits per heavy atom. The molecule has 0 saturated carbocycles. The van der Waals surface area contributed by atoms with Gasteiger partial charge in [0.2, 0.25) is 6.79 Å². The number of aliphatic carboxylic acids is 1. The summed E-state index contributed by atoms with van der Waals surface area (Å²) in [5.41, 5.74) is 1.55. The van der Waals surface area contributed by atoms with E-state index in [-0.39, 0.29) is 13.2 Å². The maximum absolute atomic E-state index is 11.0. The van der Waals surface area contributed by atoms with Crippen LogP contribution >= 0.6 is 0 Å². The summed E-state index contributed by atoms with van der Waals surface area (Å²) in [7, 11) is 0. The predicted molar refractivity (Wildman–Crippen MR) is 83.3 cm³/mol. The van der Waals surface area contributed by atoms with Gasteiger partial charge in [0.1, 0.15) is 5.65 Å². The van der Waals surface area contributed by atoms with Crippen molar-refractivity contribution in [2.75, 3.05) is 6.79 Å². The second kappa shape index (κ2) is 5.65. The summed E-state index contributed by atoms with van der Waals surface area (Å²) in [5, 5.41) is 17.4. The van der Waals surface area contributed by atoms with E-state index in [2.05, 4.69) is 15.2 Å². The number of ether oxygens (including phenoxy) is 2. The fourth-order valence-electron chi connectivity index (χ4n) is 2.45. The Balaban J connectivity index is 1.74. The number of imidazole rings is 1. The molecule has 3 aromatic rings. The third-order valence-electron chi connectivity index (χ3n) is 3.51. The molecule has 1 aromatic carbocycles. The molecule has 8 heteroatoms. The van der Waals surface area contributed by atoms with Crippen molar-refractivity contribution in [3.8, 4) is 11.5 Å². The number of carbonyl (C=O) groups is 1. The zero-order valence-corrected chi connectivity index (χ0v) is 12.4. The van der Waals surface area contributed by atoms with E-state index in [1.54, 1.807) is 34.9 Å². The zero-order chi connectivity index (χ0) is 16.5. The van der Waals surface area contributed by atoms with Gasteiger partial charge in [-0.15, -0.1) is 10.2 Å². The molecule has 4 rings (SSSR count). The number of carboxylic acid groups (broad SMARTS) is 1. The number of azo groups is 1. The molecule has 24 heavy (non-hydrogen) atoms. The molecule has 0 amide bonds. The fraction of sp³-hybridized carbons (Fsp3) is 0.125. The lowest BCUT2D eigenvalue weighted by Crippen LogP contribution is -2.00. The summed E-state index contributed by atoms with van der Waals surface area (Å²) in [5.74, 6) is 0.689. The summed E-state index contributed by atoms with van der Waals surface area (Å²) in [6.07, 6.45) is 1.54. The monoisotopic (exact) mass is 324 g/mol. The normalized spacial score (nSPS) is 13.0. The summed E-state index contributed by atoms with van der Waals surface area (Å²) in [4.78, 5) is 15.4. The minimum atomic E-state index is -0.974. The van der Waals surface area contributed by atoms with Gasteiger partial charge in [0.15, 0.2) is 17.3 Å². The molecule has 1 aliphatic heterocycles. The SMILES string of the molecule is O=C(O)Cc1nc2ccccn2c1N=Nc1ccc2c(c1)OCO2. The predicted octanol–water partition coefficient (Wildman–Crippen LogP) is 3.11. The fourth-order valence-corrected chi connectivity index (χ4v) is 2.45. The Morgan fingerprint density at radius 3 is 2.96 bits per heavy atom. The highest BCUT2D eigenvalue weighted by molar-refractivity contribution is 5.72. The van der Waals surface area contributed by atoms with Crippen molar-refractivity contribution in [1.82, 2.24) is 9.38 Å². The van der Waals surface area contributed by atoms with Crippen molar-refractivity contribution in [2.45, 2.75) is 6.42 Å². The minimum absolute atomic E-state index is 0.186. The molecule has 0 radical (unpaired) electrons. The number of aromatic nitrogens is 2. The van der Waals surface area contributed by atoms with E-state index in [4.69, 9.17) is 14.6 Å². The van der Waals surface area contributed by atoms with Crippen LogP contribution in [0.4, 0.5) is 11.5 Å². The van der Waals surface area contributed by atoms with Crippen LogP contribution in [-0.4, -0.2) is 27.3 Å². The Hall–Kier alpha value is -3.42. The first-order chi connectivity index (χ1) is 11.7. The Bertz CT molecular complexity index is 964. The first-order valence-electron chi connectivity index (χ1n) is 7.20. The van der Waals surface area contributed by atoms with Gasteiger partial charge in [0.25, 0.3) is 0 Å². The molecular weight excluding hydrogens is 312 g/mol. The summed E-state index contributed by atoms with van der Waals surface area (Å²) in [6.45, 7) is 0.186. The maximum atomic E-state index is 11.0. The Kier molecular flexibility index (Phi) is 3.34. The molecule has 0 spiro atoms. The van der Waals surface area contributed by atoms with Crippen LogP contribution < -0.4 is 9.47 Å². The molecule has 0 fully saturated rings. The van der Waals surface area contributed by atoms with Gasteiger partial charge in [0, 0.05) is 12.3 Å². The second-order valence-electron chi connectivity index (χ2n) is 5.12. The lowest BCUT2D eigenvalue weighted by atomic mass is 10.3. The van der Waals surface area contributed by atoms with Crippen LogP contribution in [0.3, 0.4) is 0 Å². The maximum Gasteiger partial charge on any atom is 0.309 e. The van der Waals surface area contributed by atoms with E-state index >= 15 is 0 Å².